The van der Waals surface area contributed by atoms with Crippen LogP contribution in [0.1, 0.15) is 0 Å². The van der Waals surface area contributed by atoms with Crippen LogP contribution in [0.5, 0.6) is 0 Å². The fourth-order valence-electron chi connectivity index (χ4n) is 1.10. The van der Waals surface area contributed by atoms with Gasteiger partial charge in [-0.05, 0) is 12.1 Å². The third-order valence-electron chi connectivity index (χ3n) is 2.07. The molecule has 1 rings (SSSR count). The average molecular weight is 243 g/mol. The predicted molar refractivity (Wildman–Crippen MR) is 61.9 cm³/mol. The van der Waals surface area contributed by atoms with Gasteiger partial charge < -0.3 is 16.4 Å². The lowest BCUT2D eigenvalue weighted by molar-refractivity contribution is -0.121. The molecule has 1 aromatic carbocycles. The van der Waals surface area contributed by atoms with Crippen molar-refractivity contribution >= 4 is 11.6 Å². The molecule has 0 saturated carbocycles. The van der Waals surface area contributed by atoms with Crippen LogP contribution in [0.15, 0.2) is 30.3 Å². The first-order valence-electron chi connectivity index (χ1n) is 5.17. The van der Waals surface area contributed by atoms with Crippen LogP contribution in [0.4, 0.5) is 14.5 Å². The van der Waals surface area contributed by atoms with E-state index in [4.69, 9.17) is 5.73 Å². The molecule has 1 amide bonds. The van der Waals surface area contributed by atoms with Gasteiger partial charge in [0.2, 0.25) is 5.91 Å². The lowest BCUT2D eigenvalue weighted by atomic mass is 10.3. The van der Waals surface area contributed by atoms with Crippen molar-refractivity contribution in [3.05, 3.63) is 30.3 Å². The van der Waals surface area contributed by atoms with E-state index in [-0.39, 0.29) is 6.54 Å². The highest BCUT2D eigenvalue weighted by Crippen LogP contribution is 2.08. The molecule has 0 aliphatic carbocycles. The first-order valence-corrected chi connectivity index (χ1v) is 5.17. The molecule has 94 valence electrons. The Hall–Kier alpha value is -1.69. The second-order valence-electron chi connectivity index (χ2n) is 3.56. The topological polar surface area (TPSA) is 67.1 Å². The molecule has 0 fully saturated rings. The van der Waals surface area contributed by atoms with Crippen molar-refractivity contribution in [2.24, 2.45) is 5.73 Å². The highest BCUT2D eigenvalue weighted by Gasteiger charge is 2.26. The van der Waals surface area contributed by atoms with Crippen LogP contribution in [0.3, 0.4) is 0 Å². The Labute approximate surface area is 98.2 Å². The molecular formula is C11H15F2N3O. The third-order valence-corrected chi connectivity index (χ3v) is 2.07. The zero-order valence-corrected chi connectivity index (χ0v) is 9.25. The van der Waals surface area contributed by atoms with Crippen molar-refractivity contribution < 1.29 is 13.6 Å². The number of anilines is 1. The zero-order valence-electron chi connectivity index (χ0n) is 9.25. The molecule has 4 N–H and O–H groups in total. The Balaban J connectivity index is 2.27. The minimum atomic E-state index is -3.05. The highest BCUT2D eigenvalue weighted by atomic mass is 19.3. The van der Waals surface area contributed by atoms with Crippen LogP contribution in [-0.2, 0) is 4.79 Å². The number of nitrogens with one attached hydrogen (secondary N) is 2. The van der Waals surface area contributed by atoms with E-state index in [1.54, 1.807) is 12.1 Å². The van der Waals surface area contributed by atoms with Gasteiger partial charge in [-0.25, -0.2) is 8.78 Å². The summed E-state index contributed by atoms with van der Waals surface area (Å²) in [5.41, 5.74) is 5.60. The summed E-state index contributed by atoms with van der Waals surface area (Å²) in [5, 5.41) is 4.92. The van der Waals surface area contributed by atoms with Crippen LogP contribution in [0.2, 0.25) is 0 Å². The van der Waals surface area contributed by atoms with Crippen molar-refractivity contribution in [1.29, 1.82) is 0 Å². The van der Waals surface area contributed by atoms with E-state index >= 15 is 0 Å². The average Bonchev–Trinajstić information content (AvgIpc) is 2.35. The number of hydrogen-bond acceptors (Lipinski definition) is 3. The number of amides is 1. The van der Waals surface area contributed by atoms with Crippen molar-refractivity contribution in [2.75, 3.05) is 25.0 Å². The third kappa shape index (κ3) is 5.26. The van der Waals surface area contributed by atoms with E-state index in [9.17, 15) is 13.6 Å². The van der Waals surface area contributed by atoms with E-state index < -0.39 is 24.9 Å². The Bertz CT molecular complexity index is 357. The number of benzene rings is 1. The molecule has 0 bridgehead atoms. The minimum Gasteiger partial charge on any atom is -0.376 e. The Morgan fingerprint density at radius 3 is 2.53 bits per heavy atom. The van der Waals surface area contributed by atoms with Gasteiger partial charge in [0.25, 0.3) is 5.92 Å². The molecule has 0 unspecified atom stereocenters. The SMILES string of the molecule is NCC(F)(F)CNC(=O)CNc1ccccc1. The zero-order chi connectivity index (χ0) is 12.7. The molecule has 0 atom stereocenters. The molecule has 4 nitrogen and oxygen atoms in total. The summed E-state index contributed by atoms with van der Waals surface area (Å²) in [4.78, 5) is 11.2. The maximum absolute atomic E-state index is 12.7. The maximum atomic E-state index is 12.7. The molecule has 0 aromatic heterocycles. The molecule has 1 aromatic rings. The number of carbonyl (C=O) groups is 1. The Kier molecular flexibility index (Phi) is 4.84. The van der Waals surface area contributed by atoms with Crippen molar-refractivity contribution in [3.63, 3.8) is 0 Å². The fraction of sp³-hybridized carbons (Fsp3) is 0.364. The van der Waals surface area contributed by atoms with Crippen molar-refractivity contribution in [2.45, 2.75) is 5.92 Å². The summed E-state index contributed by atoms with van der Waals surface area (Å²) in [6.45, 7) is -1.57. The number of alkyl halides is 2. The molecule has 0 saturated heterocycles. The lowest BCUT2D eigenvalue weighted by Crippen LogP contribution is -2.43. The van der Waals surface area contributed by atoms with E-state index in [1.165, 1.54) is 0 Å². The van der Waals surface area contributed by atoms with Gasteiger partial charge >= 0.3 is 0 Å². The van der Waals surface area contributed by atoms with Gasteiger partial charge in [-0.1, -0.05) is 18.2 Å². The van der Waals surface area contributed by atoms with Crippen molar-refractivity contribution in [3.8, 4) is 0 Å². The summed E-state index contributed by atoms with van der Waals surface area (Å²) >= 11 is 0. The molecule has 0 heterocycles. The van der Waals surface area contributed by atoms with Crippen LogP contribution >= 0.6 is 0 Å². The number of hydrogen-bond donors (Lipinski definition) is 3. The normalized spacial score (nSPS) is 11.0. The standard InChI is InChI=1S/C11H15F2N3O/c12-11(13,7-14)8-16-10(17)6-15-9-4-2-1-3-5-9/h1-5,15H,6-8,14H2,(H,16,17). The minimum absolute atomic E-state index is 0.0509. The van der Waals surface area contributed by atoms with E-state index in [0.29, 0.717) is 0 Å². The monoisotopic (exact) mass is 243 g/mol. The molecule has 0 radical (unpaired) electrons. The van der Waals surface area contributed by atoms with E-state index in [1.807, 2.05) is 18.2 Å². The van der Waals surface area contributed by atoms with Gasteiger partial charge in [0, 0.05) is 5.69 Å². The number of halogens is 2. The van der Waals surface area contributed by atoms with Gasteiger partial charge in [-0.2, -0.15) is 0 Å². The number of rotatable bonds is 6. The first-order chi connectivity index (χ1) is 8.03. The van der Waals surface area contributed by atoms with Crippen LogP contribution in [0.25, 0.3) is 0 Å². The maximum Gasteiger partial charge on any atom is 0.277 e. The second-order valence-corrected chi connectivity index (χ2v) is 3.56. The van der Waals surface area contributed by atoms with Gasteiger partial charge in [0.05, 0.1) is 19.6 Å². The lowest BCUT2D eigenvalue weighted by Gasteiger charge is -2.14. The fourth-order valence-corrected chi connectivity index (χ4v) is 1.10. The van der Waals surface area contributed by atoms with Crippen LogP contribution in [0, 0.1) is 0 Å². The van der Waals surface area contributed by atoms with Gasteiger partial charge in [0.1, 0.15) is 0 Å². The summed E-state index contributed by atoms with van der Waals surface area (Å²) in [5.74, 6) is -3.55. The quantitative estimate of drug-likeness (QED) is 0.692. The van der Waals surface area contributed by atoms with Gasteiger partial charge in [0.15, 0.2) is 0 Å². The summed E-state index contributed by atoms with van der Waals surface area (Å²) in [6.07, 6.45) is 0. The largest absolute Gasteiger partial charge is 0.376 e. The molecule has 0 aliphatic rings. The van der Waals surface area contributed by atoms with E-state index in [0.717, 1.165) is 5.69 Å². The summed E-state index contributed by atoms with van der Waals surface area (Å²) < 4.78 is 25.4. The number of nitrogens with two attached hydrogens (primary N) is 1. The van der Waals surface area contributed by atoms with Crippen LogP contribution in [-0.4, -0.2) is 31.5 Å². The molecule has 6 heteroatoms. The Morgan fingerprint density at radius 1 is 1.29 bits per heavy atom. The molecule has 0 aliphatic heterocycles. The Morgan fingerprint density at radius 2 is 1.94 bits per heavy atom. The van der Waals surface area contributed by atoms with Crippen LogP contribution < -0.4 is 16.4 Å². The van der Waals surface area contributed by atoms with E-state index in [2.05, 4.69) is 10.6 Å². The van der Waals surface area contributed by atoms with Gasteiger partial charge in [-0.15, -0.1) is 0 Å². The first kappa shape index (κ1) is 13.4. The molecular weight excluding hydrogens is 228 g/mol. The predicted octanol–water partition coefficient (Wildman–Crippen LogP) is 0.809. The smallest absolute Gasteiger partial charge is 0.277 e. The highest BCUT2D eigenvalue weighted by molar-refractivity contribution is 5.80. The number of para-hydroxylation sites is 1. The second kappa shape index (κ2) is 6.15. The molecule has 0 spiro atoms. The molecule has 17 heavy (non-hydrogen) atoms. The van der Waals surface area contributed by atoms with Gasteiger partial charge in [-0.3, -0.25) is 4.79 Å². The number of carbonyl (C=O) groups excluding carboxylic acids is 1. The van der Waals surface area contributed by atoms with Crippen molar-refractivity contribution in [1.82, 2.24) is 5.32 Å². The summed E-state index contributed by atoms with van der Waals surface area (Å²) in [6, 6.07) is 9.02. The summed E-state index contributed by atoms with van der Waals surface area (Å²) in [7, 11) is 0.